The fourth-order valence-corrected chi connectivity index (χ4v) is 4.57. The van der Waals surface area contributed by atoms with Crippen LogP contribution in [0.5, 0.6) is 0 Å². The van der Waals surface area contributed by atoms with Gasteiger partial charge in [-0.25, -0.2) is 4.98 Å². The van der Waals surface area contributed by atoms with E-state index >= 15 is 0 Å². The maximum atomic E-state index is 11.8. The highest BCUT2D eigenvalue weighted by Gasteiger charge is 2.28. The van der Waals surface area contributed by atoms with Crippen molar-refractivity contribution in [2.24, 2.45) is 0 Å². The number of H-pyrrole nitrogens is 1. The second-order valence-electron chi connectivity index (χ2n) is 5.75. The van der Waals surface area contributed by atoms with Gasteiger partial charge in [0.25, 0.3) is 12.1 Å². The van der Waals surface area contributed by atoms with Gasteiger partial charge in [0, 0.05) is 6.16 Å². The molecule has 1 saturated heterocycles. The molecule has 9 nitrogen and oxygen atoms in total. The number of imidazole rings is 1. The molecular weight excluding hydrogens is 353 g/mol. The molecule has 2 aromatic heterocycles. The fraction of sp³-hybridized carbons (Fsp3) is 0.615. The summed E-state index contributed by atoms with van der Waals surface area (Å²) in [5, 5.41) is 0. The van der Waals surface area contributed by atoms with E-state index in [0.717, 1.165) is 30.6 Å². The van der Waals surface area contributed by atoms with Crippen LogP contribution < -0.4 is 11.3 Å². The van der Waals surface area contributed by atoms with Gasteiger partial charge in [0.2, 0.25) is 5.95 Å². The standard InChI is InChI=1S/C13H20N5O4PS/c1-24-23(20,21)6-2-3-8-4-5-9(22-8)18-7-15-10-11(18)16-13(14)17-12(10)19/h7-9H,2-6H2,1H3,(H,20,21)(H3,14,16,17,19)/t8-,9-/m1/s1. The highest BCUT2D eigenvalue weighted by atomic mass is 32.7. The smallest absolute Gasteiger partial charge is 0.280 e. The molecule has 0 saturated carbocycles. The highest BCUT2D eigenvalue weighted by Crippen LogP contribution is 2.53. The maximum Gasteiger partial charge on any atom is 0.280 e. The van der Waals surface area contributed by atoms with Crippen molar-refractivity contribution in [1.82, 2.24) is 19.5 Å². The minimum atomic E-state index is -3.05. The zero-order valence-electron chi connectivity index (χ0n) is 13.2. The minimum Gasteiger partial charge on any atom is -0.369 e. The number of fused-ring (bicyclic) bond motifs is 1. The average molecular weight is 373 g/mol. The van der Waals surface area contributed by atoms with Crippen molar-refractivity contribution in [3.8, 4) is 0 Å². The minimum absolute atomic E-state index is 0.0219. The number of nitrogens with one attached hydrogen (secondary N) is 1. The zero-order chi connectivity index (χ0) is 17.3. The lowest BCUT2D eigenvalue weighted by molar-refractivity contribution is 0.000527. The highest BCUT2D eigenvalue weighted by molar-refractivity contribution is 8.56. The van der Waals surface area contributed by atoms with E-state index in [4.69, 9.17) is 10.5 Å². The lowest BCUT2D eigenvalue weighted by Gasteiger charge is -2.15. The Kier molecular flexibility index (Phi) is 5.00. The molecule has 3 atom stereocenters. The van der Waals surface area contributed by atoms with Gasteiger partial charge in [0.1, 0.15) is 6.23 Å². The van der Waals surface area contributed by atoms with Crippen molar-refractivity contribution in [3.05, 3.63) is 16.7 Å². The van der Waals surface area contributed by atoms with Gasteiger partial charge >= 0.3 is 0 Å². The van der Waals surface area contributed by atoms with Gasteiger partial charge < -0.3 is 15.4 Å². The Labute approximate surface area is 142 Å². The second-order valence-corrected chi connectivity index (χ2v) is 10.6. The molecule has 1 unspecified atom stereocenters. The van der Waals surface area contributed by atoms with Crippen molar-refractivity contribution in [2.45, 2.75) is 38.0 Å². The van der Waals surface area contributed by atoms with Crippen LogP contribution in [0, 0.1) is 0 Å². The molecule has 3 heterocycles. The number of ether oxygens (including phenoxy) is 1. The number of rotatable bonds is 6. The molecule has 0 spiro atoms. The molecule has 0 bridgehead atoms. The molecule has 1 fully saturated rings. The van der Waals surface area contributed by atoms with Crippen LogP contribution in [0.1, 0.15) is 31.9 Å². The predicted octanol–water partition coefficient (Wildman–Crippen LogP) is 1.71. The summed E-state index contributed by atoms with van der Waals surface area (Å²) < 4.78 is 19.3. The molecule has 11 heteroatoms. The molecule has 0 radical (unpaired) electrons. The van der Waals surface area contributed by atoms with Crippen LogP contribution in [0.25, 0.3) is 11.2 Å². The van der Waals surface area contributed by atoms with Gasteiger partial charge in [0.15, 0.2) is 11.2 Å². The molecule has 2 aromatic rings. The number of nitrogen functional groups attached to an aromatic ring is 1. The molecule has 0 aliphatic carbocycles. The van der Waals surface area contributed by atoms with Crippen LogP contribution in [-0.4, -0.2) is 42.9 Å². The fourth-order valence-electron chi connectivity index (χ4n) is 2.87. The van der Waals surface area contributed by atoms with E-state index in [0.29, 0.717) is 18.2 Å². The van der Waals surface area contributed by atoms with Crippen LogP contribution >= 0.6 is 18.0 Å². The Hall–Kier alpha value is -1.35. The Balaban J connectivity index is 1.66. The van der Waals surface area contributed by atoms with Crippen molar-refractivity contribution < 1.29 is 14.2 Å². The van der Waals surface area contributed by atoms with Gasteiger partial charge in [-0.3, -0.25) is 18.9 Å². The van der Waals surface area contributed by atoms with Crippen LogP contribution in [0.15, 0.2) is 11.1 Å². The van der Waals surface area contributed by atoms with E-state index in [2.05, 4.69) is 15.0 Å². The van der Waals surface area contributed by atoms with Crippen molar-refractivity contribution >= 4 is 35.1 Å². The van der Waals surface area contributed by atoms with Gasteiger partial charge in [-0.15, -0.1) is 0 Å². The third-order valence-corrected chi connectivity index (χ3v) is 7.81. The van der Waals surface area contributed by atoms with E-state index in [1.54, 1.807) is 10.8 Å². The van der Waals surface area contributed by atoms with E-state index in [1.807, 2.05) is 0 Å². The first kappa shape index (κ1) is 17.5. The Bertz CT molecular complexity index is 837. The maximum absolute atomic E-state index is 11.8. The first-order valence-corrected chi connectivity index (χ1v) is 11.3. The quantitative estimate of drug-likeness (QED) is 0.651. The monoisotopic (exact) mass is 373 g/mol. The van der Waals surface area contributed by atoms with Crippen LogP contribution in [-0.2, 0) is 9.30 Å². The second kappa shape index (κ2) is 6.87. The number of nitrogens with zero attached hydrogens (tertiary/aromatic N) is 3. The van der Waals surface area contributed by atoms with Crippen molar-refractivity contribution in [1.29, 1.82) is 0 Å². The first-order valence-electron chi connectivity index (χ1n) is 7.65. The number of nitrogens with two attached hydrogens (primary N) is 1. The molecule has 1 aliphatic rings. The summed E-state index contributed by atoms with van der Waals surface area (Å²) in [6.45, 7) is -3.05. The van der Waals surface area contributed by atoms with Gasteiger partial charge in [-0.05, 0) is 31.9 Å². The zero-order valence-corrected chi connectivity index (χ0v) is 14.9. The lowest BCUT2D eigenvalue weighted by atomic mass is 10.1. The summed E-state index contributed by atoms with van der Waals surface area (Å²) >= 11 is 1.02. The summed E-state index contributed by atoms with van der Waals surface area (Å²) in [4.78, 5) is 32.0. The van der Waals surface area contributed by atoms with Crippen molar-refractivity contribution in [3.63, 3.8) is 0 Å². The summed E-state index contributed by atoms with van der Waals surface area (Å²) in [5.74, 6) is 0.0413. The Morgan fingerprint density at radius 2 is 2.38 bits per heavy atom. The van der Waals surface area contributed by atoms with E-state index in [9.17, 15) is 14.3 Å². The largest absolute Gasteiger partial charge is 0.369 e. The summed E-state index contributed by atoms with van der Waals surface area (Å²) in [5.41, 5.74) is 5.86. The van der Waals surface area contributed by atoms with E-state index < -0.39 is 6.57 Å². The number of hydrogen-bond donors (Lipinski definition) is 3. The van der Waals surface area contributed by atoms with Crippen LogP contribution in [0.3, 0.4) is 0 Å². The number of anilines is 1. The molecular formula is C13H20N5O4PS. The molecule has 0 aromatic carbocycles. The SMILES string of the molecule is CSP(=O)(O)CCC[C@@H]1CC[C@H](n2cnc3c(=O)[nH]c(N)nc32)O1. The molecule has 4 N–H and O–H groups in total. The molecule has 1 aliphatic heterocycles. The average Bonchev–Trinajstić information content (AvgIpc) is 3.13. The topological polar surface area (TPSA) is 136 Å². The molecule has 0 amide bonds. The first-order chi connectivity index (χ1) is 11.4. The number of aromatic nitrogens is 4. The summed E-state index contributed by atoms with van der Waals surface area (Å²) in [7, 11) is 0. The Morgan fingerprint density at radius 3 is 3.12 bits per heavy atom. The van der Waals surface area contributed by atoms with Gasteiger partial charge in [-0.2, -0.15) is 4.98 Å². The third kappa shape index (κ3) is 3.66. The number of aromatic amines is 1. The molecule has 3 rings (SSSR count). The van der Waals surface area contributed by atoms with E-state index in [-0.39, 0.29) is 29.4 Å². The summed E-state index contributed by atoms with van der Waals surface area (Å²) in [6, 6.07) is 0. The Morgan fingerprint density at radius 1 is 1.58 bits per heavy atom. The molecule has 24 heavy (non-hydrogen) atoms. The summed E-state index contributed by atoms with van der Waals surface area (Å²) in [6.07, 6.45) is 6.22. The normalized spacial score (nSPS) is 23.6. The number of hydrogen-bond acceptors (Lipinski definition) is 7. The van der Waals surface area contributed by atoms with Crippen LogP contribution in [0.4, 0.5) is 5.95 Å². The lowest BCUT2D eigenvalue weighted by Crippen LogP contribution is -2.15. The van der Waals surface area contributed by atoms with E-state index in [1.165, 1.54) is 6.33 Å². The van der Waals surface area contributed by atoms with Crippen molar-refractivity contribution in [2.75, 3.05) is 18.2 Å². The van der Waals surface area contributed by atoms with Gasteiger partial charge in [-0.1, -0.05) is 11.4 Å². The predicted molar refractivity (Wildman–Crippen MR) is 93.1 cm³/mol. The third-order valence-electron chi connectivity index (χ3n) is 4.10. The van der Waals surface area contributed by atoms with Gasteiger partial charge in [0.05, 0.1) is 12.4 Å². The molecule has 132 valence electrons. The van der Waals surface area contributed by atoms with Crippen LogP contribution in [0.2, 0.25) is 0 Å².